The molecule has 9 aromatic carbocycles. The molecule has 0 fully saturated rings. The standard InChI is InChI=1S/C55H33N5S/c1-3-15-34(16-4-1)53-56-54(35-17-5-2-6-18-35)58-55(57-53)43-29-30-48(38-20-8-7-19-37(38)43)60-49-31-36(59-46-24-12-9-21-39(46)40-22-10-13-25-47(40)59)27-28-41(49)44-32-45-42-23-11-14-26-51(42)61-52(45)33-50(44)60/h1-33H. The van der Waals surface area contributed by atoms with Crippen LogP contribution in [-0.4, -0.2) is 24.1 Å². The van der Waals surface area contributed by atoms with Gasteiger partial charge in [0, 0.05) is 69.5 Å². The smallest absolute Gasteiger partial charge is 0.164 e. The van der Waals surface area contributed by atoms with Crippen molar-refractivity contribution < 1.29 is 0 Å². The Morgan fingerprint density at radius 1 is 0.311 bits per heavy atom. The minimum absolute atomic E-state index is 0.637. The van der Waals surface area contributed by atoms with Gasteiger partial charge in [-0.3, -0.25) is 0 Å². The van der Waals surface area contributed by atoms with Crippen LogP contribution in [0.2, 0.25) is 0 Å². The number of rotatable bonds is 5. The van der Waals surface area contributed by atoms with Gasteiger partial charge in [0.05, 0.1) is 27.8 Å². The van der Waals surface area contributed by atoms with Crippen LogP contribution in [0.1, 0.15) is 0 Å². The molecule has 6 heteroatoms. The molecule has 0 aliphatic carbocycles. The number of hydrogen-bond acceptors (Lipinski definition) is 4. The minimum Gasteiger partial charge on any atom is -0.309 e. The quantitative estimate of drug-likeness (QED) is 0.174. The normalized spacial score (nSPS) is 11.9. The molecule has 0 unspecified atom stereocenters. The molecule has 0 aliphatic rings. The van der Waals surface area contributed by atoms with E-state index in [1.807, 2.05) is 47.7 Å². The van der Waals surface area contributed by atoms with Crippen molar-refractivity contribution in [3.05, 3.63) is 200 Å². The highest BCUT2D eigenvalue weighted by molar-refractivity contribution is 7.25. The summed E-state index contributed by atoms with van der Waals surface area (Å²) in [4.78, 5) is 15.3. The fourth-order valence-corrected chi connectivity index (χ4v) is 10.5. The van der Waals surface area contributed by atoms with Crippen LogP contribution in [0, 0.1) is 0 Å². The second-order valence-corrected chi connectivity index (χ2v) is 16.7. The Balaban J connectivity index is 1.10. The van der Waals surface area contributed by atoms with E-state index in [0.29, 0.717) is 17.5 Å². The predicted molar refractivity (Wildman–Crippen MR) is 255 cm³/mol. The first kappa shape index (κ1) is 34.0. The van der Waals surface area contributed by atoms with Crippen molar-refractivity contribution in [3.63, 3.8) is 0 Å². The molecule has 0 saturated heterocycles. The fourth-order valence-electron chi connectivity index (χ4n) is 9.43. The van der Waals surface area contributed by atoms with Crippen LogP contribution in [0.4, 0.5) is 0 Å². The number of benzene rings is 9. The highest BCUT2D eigenvalue weighted by Crippen LogP contribution is 2.43. The molecule has 0 atom stereocenters. The average molecular weight is 796 g/mol. The maximum absolute atomic E-state index is 5.16. The molecule has 0 N–H and O–H groups in total. The molecule has 61 heavy (non-hydrogen) atoms. The summed E-state index contributed by atoms with van der Waals surface area (Å²) >= 11 is 1.86. The molecule has 284 valence electrons. The van der Waals surface area contributed by atoms with Crippen LogP contribution in [-0.2, 0) is 0 Å². The lowest BCUT2D eigenvalue weighted by Gasteiger charge is -2.16. The van der Waals surface area contributed by atoms with Gasteiger partial charge in [0.15, 0.2) is 17.5 Å². The molecule has 13 rings (SSSR count). The SMILES string of the molecule is c1ccc(-c2nc(-c3ccccc3)nc(-c3ccc(-n4c5cc(-n6c7ccccc7c7ccccc76)ccc5c5cc6c(cc54)sc4ccccc46)c4ccccc34)n2)cc1. The van der Waals surface area contributed by atoms with Crippen molar-refractivity contribution in [2.75, 3.05) is 0 Å². The number of aromatic nitrogens is 5. The van der Waals surface area contributed by atoms with Crippen LogP contribution < -0.4 is 0 Å². The van der Waals surface area contributed by atoms with E-state index < -0.39 is 0 Å². The van der Waals surface area contributed by atoms with Gasteiger partial charge in [0.25, 0.3) is 0 Å². The van der Waals surface area contributed by atoms with E-state index in [2.05, 4.69) is 173 Å². The first-order chi connectivity index (χ1) is 30.2. The lowest BCUT2D eigenvalue weighted by molar-refractivity contribution is 1.08. The van der Waals surface area contributed by atoms with Gasteiger partial charge in [0.1, 0.15) is 0 Å². The van der Waals surface area contributed by atoms with E-state index in [4.69, 9.17) is 15.0 Å². The molecule has 0 saturated carbocycles. The summed E-state index contributed by atoms with van der Waals surface area (Å²) in [5.74, 6) is 1.92. The number of fused-ring (bicyclic) bond motifs is 10. The van der Waals surface area contributed by atoms with Crippen molar-refractivity contribution in [2.24, 2.45) is 0 Å². The number of nitrogens with zero attached hydrogens (tertiary/aromatic N) is 5. The molecule has 5 nitrogen and oxygen atoms in total. The summed E-state index contributed by atoms with van der Waals surface area (Å²) in [6, 6.07) is 71.5. The molecule has 13 aromatic rings. The van der Waals surface area contributed by atoms with Gasteiger partial charge in [-0.1, -0.05) is 146 Å². The minimum atomic E-state index is 0.637. The van der Waals surface area contributed by atoms with E-state index in [1.165, 1.54) is 58.3 Å². The Hall–Kier alpha value is -7.93. The maximum Gasteiger partial charge on any atom is 0.164 e. The molecule has 0 amide bonds. The Labute approximate surface area is 354 Å². The summed E-state index contributed by atoms with van der Waals surface area (Å²) in [6.07, 6.45) is 0. The third kappa shape index (κ3) is 5.22. The van der Waals surface area contributed by atoms with Gasteiger partial charge in [-0.25, -0.2) is 15.0 Å². The number of thiophene rings is 1. The summed E-state index contributed by atoms with van der Waals surface area (Å²) in [6.45, 7) is 0. The maximum atomic E-state index is 5.16. The topological polar surface area (TPSA) is 48.5 Å². The first-order valence-electron chi connectivity index (χ1n) is 20.5. The lowest BCUT2D eigenvalue weighted by atomic mass is 10.0. The van der Waals surface area contributed by atoms with Crippen molar-refractivity contribution in [1.29, 1.82) is 0 Å². The summed E-state index contributed by atoms with van der Waals surface area (Å²) in [7, 11) is 0. The molecular weight excluding hydrogens is 763 g/mol. The van der Waals surface area contributed by atoms with E-state index in [0.717, 1.165) is 44.4 Å². The van der Waals surface area contributed by atoms with Gasteiger partial charge in [-0.15, -0.1) is 11.3 Å². The van der Waals surface area contributed by atoms with E-state index in [9.17, 15) is 0 Å². The highest BCUT2D eigenvalue weighted by Gasteiger charge is 2.21. The number of hydrogen-bond donors (Lipinski definition) is 0. The second kappa shape index (κ2) is 13.3. The number of para-hydroxylation sites is 2. The second-order valence-electron chi connectivity index (χ2n) is 15.6. The predicted octanol–water partition coefficient (Wildman–Crippen LogP) is 14.6. The zero-order valence-electron chi connectivity index (χ0n) is 32.7. The van der Waals surface area contributed by atoms with E-state index in [1.54, 1.807) is 0 Å². The average Bonchev–Trinajstić information content (AvgIpc) is 3.97. The summed E-state index contributed by atoms with van der Waals surface area (Å²) in [5.41, 5.74) is 9.76. The third-order valence-corrected chi connectivity index (χ3v) is 13.3. The van der Waals surface area contributed by atoms with Gasteiger partial charge < -0.3 is 9.13 Å². The van der Waals surface area contributed by atoms with Gasteiger partial charge in [-0.2, -0.15) is 0 Å². The monoisotopic (exact) mass is 795 g/mol. The van der Waals surface area contributed by atoms with Crippen molar-refractivity contribution in [3.8, 4) is 45.5 Å². The summed E-state index contributed by atoms with van der Waals surface area (Å²) < 4.78 is 7.46. The highest BCUT2D eigenvalue weighted by atomic mass is 32.1. The zero-order chi connectivity index (χ0) is 40.0. The third-order valence-electron chi connectivity index (χ3n) is 12.2. The van der Waals surface area contributed by atoms with E-state index >= 15 is 0 Å². The molecule has 0 bridgehead atoms. The van der Waals surface area contributed by atoms with Gasteiger partial charge in [0.2, 0.25) is 0 Å². The lowest BCUT2D eigenvalue weighted by Crippen LogP contribution is -2.02. The van der Waals surface area contributed by atoms with Crippen LogP contribution >= 0.6 is 11.3 Å². The molecular formula is C55H33N5S. The van der Waals surface area contributed by atoms with Crippen LogP contribution in [0.25, 0.3) is 120 Å². The molecule has 0 spiro atoms. The van der Waals surface area contributed by atoms with Crippen LogP contribution in [0.15, 0.2) is 200 Å². The van der Waals surface area contributed by atoms with Crippen LogP contribution in [0.3, 0.4) is 0 Å². The Kier molecular flexibility index (Phi) is 7.41. The van der Waals surface area contributed by atoms with Gasteiger partial charge >= 0.3 is 0 Å². The fraction of sp³-hybridized carbons (Fsp3) is 0. The summed E-state index contributed by atoms with van der Waals surface area (Å²) in [5, 5.41) is 9.70. The molecule has 4 aromatic heterocycles. The van der Waals surface area contributed by atoms with Crippen molar-refractivity contribution >= 4 is 85.9 Å². The Morgan fingerprint density at radius 2 is 0.852 bits per heavy atom. The van der Waals surface area contributed by atoms with E-state index in [-0.39, 0.29) is 0 Å². The van der Waals surface area contributed by atoms with Gasteiger partial charge in [-0.05, 0) is 60.0 Å². The first-order valence-corrected chi connectivity index (χ1v) is 21.3. The van der Waals surface area contributed by atoms with Crippen LogP contribution in [0.5, 0.6) is 0 Å². The zero-order valence-corrected chi connectivity index (χ0v) is 33.5. The molecule has 4 heterocycles. The molecule has 0 radical (unpaired) electrons. The largest absolute Gasteiger partial charge is 0.309 e. The van der Waals surface area contributed by atoms with Crippen molar-refractivity contribution in [1.82, 2.24) is 24.1 Å². The van der Waals surface area contributed by atoms with Crippen molar-refractivity contribution in [2.45, 2.75) is 0 Å². The Bertz CT molecular complexity index is 3770. The Morgan fingerprint density at radius 3 is 1.54 bits per heavy atom. The molecule has 0 aliphatic heterocycles.